The number of aryl methyl sites for hydroxylation is 1. The van der Waals surface area contributed by atoms with E-state index in [0.717, 1.165) is 13.0 Å². The molecule has 1 atom stereocenters. The first-order valence-corrected chi connectivity index (χ1v) is 4.48. The van der Waals surface area contributed by atoms with Gasteiger partial charge < -0.3 is 5.73 Å². The lowest BCUT2D eigenvalue weighted by molar-refractivity contribution is 0.0957. The van der Waals surface area contributed by atoms with E-state index in [1.165, 1.54) is 0 Å². The van der Waals surface area contributed by atoms with Crippen LogP contribution in [0.5, 0.6) is 0 Å². The zero-order valence-corrected chi connectivity index (χ0v) is 8.03. The fourth-order valence-corrected chi connectivity index (χ4v) is 1.17. The summed E-state index contributed by atoms with van der Waals surface area (Å²) in [4.78, 5) is 11.5. The Morgan fingerprint density at radius 3 is 3.00 bits per heavy atom. The monoisotopic (exact) mass is 181 g/mol. The standard InChI is InChI=1S/C9H15N3O/c1-3-6-12-8(4-5-11-12)9(13)7(2)10/h4-5,7H,3,6,10H2,1-2H3. The van der Waals surface area contributed by atoms with Gasteiger partial charge in [-0.3, -0.25) is 9.48 Å². The quantitative estimate of drug-likeness (QED) is 0.699. The van der Waals surface area contributed by atoms with Crippen molar-refractivity contribution in [1.82, 2.24) is 9.78 Å². The second kappa shape index (κ2) is 4.18. The molecular formula is C9H15N3O. The molecule has 0 aliphatic rings. The van der Waals surface area contributed by atoms with E-state index < -0.39 is 6.04 Å². The lowest BCUT2D eigenvalue weighted by atomic mass is 10.2. The molecule has 1 aromatic rings. The molecule has 0 aliphatic carbocycles. The van der Waals surface area contributed by atoms with Crippen LogP contribution in [0.1, 0.15) is 30.8 Å². The van der Waals surface area contributed by atoms with Crippen LogP contribution in [0.4, 0.5) is 0 Å². The Labute approximate surface area is 77.7 Å². The molecule has 1 aromatic heterocycles. The molecule has 0 amide bonds. The van der Waals surface area contributed by atoms with Crippen LogP contribution in [0.3, 0.4) is 0 Å². The summed E-state index contributed by atoms with van der Waals surface area (Å²) in [6.45, 7) is 4.49. The van der Waals surface area contributed by atoms with Gasteiger partial charge in [0.1, 0.15) is 5.69 Å². The van der Waals surface area contributed by atoms with Gasteiger partial charge in [0.2, 0.25) is 0 Å². The fourth-order valence-electron chi connectivity index (χ4n) is 1.17. The lowest BCUT2D eigenvalue weighted by Crippen LogP contribution is -2.28. The summed E-state index contributed by atoms with van der Waals surface area (Å²) in [5, 5.41) is 4.05. The third-order valence-corrected chi connectivity index (χ3v) is 1.82. The molecular weight excluding hydrogens is 166 g/mol. The zero-order chi connectivity index (χ0) is 9.84. The third-order valence-electron chi connectivity index (χ3n) is 1.82. The van der Waals surface area contributed by atoms with Gasteiger partial charge in [-0.05, 0) is 19.4 Å². The van der Waals surface area contributed by atoms with Crippen LogP contribution >= 0.6 is 0 Å². The molecule has 0 aromatic carbocycles. The number of nitrogens with two attached hydrogens (primary N) is 1. The Bertz CT molecular complexity index is 291. The molecule has 0 aliphatic heterocycles. The van der Waals surface area contributed by atoms with E-state index in [4.69, 9.17) is 5.73 Å². The molecule has 2 N–H and O–H groups in total. The summed E-state index contributed by atoms with van der Waals surface area (Å²) in [7, 11) is 0. The van der Waals surface area contributed by atoms with E-state index in [-0.39, 0.29) is 5.78 Å². The topological polar surface area (TPSA) is 60.9 Å². The predicted molar refractivity (Wildman–Crippen MR) is 50.5 cm³/mol. The molecule has 72 valence electrons. The van der Waals surface area contributed by atoms with Gasteiger partial charge in [0, 0.05) is 12.7 Å². The summed E-state index contributed by atoms with van der Waals surface area (Å²) in [5.41, 5.74) is 6.11. The van der Waals surface area contributed by atoms with E-state index in [9.17, 15) is 4.79 Å². The van der Waals surface area contributed by atoms with Crippen molar-refractivity contribution >= 4 is 5.78 Å². The molecule has 13 heavy (non-hydrogen) atoms. The fraction of sp³-hybridized carbons (Fsp3) is 0.556. The Hall–Kier alpha value is -1.16. The molecule has 4 heteroatoms. The Morgan fingerprint density at radius 2 is 2.46 bits per heavy atom. The first-order chi connectivity index (χ1) is 6.16. The SMILES string of the molecule is CCCn1nccc1C(=O)C(C)N. The average molecular weight is 181 g/mol. The van der Waals surface area contributed by atoms with Gasteiger partial charge in [-0.1, -0.05) is 6.92 Å². The smallest absolute Gasteiger partial charge is 0.197 e. The van der Waals surface area contributed by atoms with E-state index in [1.807, 2.05) is 6.92 Å². The summed E-state index contributed by atoms with van der Waals surface area (Å²) in [6.07, 6.45) is 2.59. The van der Waals surface area contributed by atoms with Gasteiger partial charge in [0.05, 0.1) is 6.04 Å². The van der Waals surface area contributed by atoms with Crippen molar-refractivity contribution in [3.8, 4) is 0 Å². The Kier molecular flexibility index (Phi) is 3.19. The van der Waals surface area contributed by atoms with Crippen LogP contribution in [0.2, 0.25) is 0 Å². The number of carbonyl (C=O) groups is 1. The van der Waals surface area contributed by atoms with Crippen LogP contribution in [-0.2, 0) is 6.54 Å². The summed E-state index contributed by atoms with van der Waals surface area (Å²) in [6, 6.07) is 1.26. The van der Waals surface area contributed by atoms with Crippen LogP contribution in [-0.4, -0.2) is 21.6 Å². The number of rotatable bonds is 4. The lowest BCUT2D eigenvalue weighted by Gasteiger charge is -2.06. The molecule has 0 bridgehead atoms. The zero-order valence-electron chi connectivity index (χ0n) is 8.03. The maximum absolute atomic E-state index is 11.5. The van der Waals surface area contributed by atoms with Gasteiger partial charge >= 0.3 is 0 Å². The third kappa shape index (κ3) is 2.15. The molecule has 1 unspecified atom stereocenters. The summed E-state index contributed by atoms with van der Waals surface area (Å²) in [5.74, 6) is -0.0500. The van der Waals surface area contributed by atoms with E-state index in [0.29, 0.717) is 5.69 Å². The van der Waals surface area contributed by atoms with E-state index in [1.54, 1.807) is 23.9 Å². The molecule has 0 fully saturated rings. The highest BCUT2D eigenvalue weighted by Crippen LogP contribution is 2.03. The van der Waals surface area contributed by atoms with Gasteiger partial charge in [-0.25, -0.2) is 0 Å². The molecule has 0 saturated heterocycles. The molecule has 0 radical (unpaired) electrons. The normalized spacial score (nSPS) is 12.8. The van der Waals surface area contributed by atoms with E-state index in [2.05, 4.69) is 5.10 Å². The maximum atomic E-state index is 11.5. The number of nitrogens with zero attached hydrogens (tertiary/aromatic N) is 2. The molecule has 4 nitrogen and oxygen atoms in total. The van der Waals surface area contributed by atoms with Crippen molar-refractivity contribution in [2.45, 2.75) is 32.9 Å². The highest BCUT2D eigenvalue weighted by atomic mass is 16.1. The maximum Gasteiger partial charge on any atom is 0.197 e. The van der Waals surface area contributed by atoms with Crippen LogP contribution in [0.15, 0.2) is 12.3 Å². The number of carbonyl (C=O) groups excluding carboxylic acids is 1. The number of ketones is 1. The second-order valence-electron chi connectivity index (χ2n) is 3.09. The largest absolute Gasteiger partial charge is 0.321 e. The van der Waals surface area contributed by atoms with E-state index >= 15 is 0 Å². The van der Waals surface area contributed by atoms with Crippen molar-refractivity contribution in [2.24, 2.45) is 5.73 Å². The molecule has 1 heterocycles. The summed E-state index contributed by atoms with van der Waals surface area (Å²) < 4.78 is 1.70. The second-order valence-corrected chi connectivity index (χ2v) is 3.09. The Morgan fingerprint density at radius 1 is 1.77 bits per heavy atom. The van der Waals surface area contributed by atoms with Crippen molar-refractivity contribution in [3.63, 3.8) is 0 Å². The number of hydrogen-bond acceptors (Lipinski definition) is 3. The van der Waals surface area contributed by atoms with Crippen LogP contribution < -0.4 is 5.73 Å². The first kappa shape index (κ1) is 9.92. The van der Waals surface area contributed by atoms with Gasteiger partial charge in [0.15, 0.2) is 5.78 Å². The van der Waals surface area contributed by atoms with Gasteiger partial charge in [-0.15, -0.1) is 0 Å². The number of Topliss-reactive ketones (excluding diaryl/α,β-unsaturated/α-hetero) is 1. The van der Waals surface area contributed by atoms with Gasteiger partial charge in [-0.2, -0.15) is 5.10 Å². The minimum absolute atomic E-state index is 0.0500. The molecule has 0 spiro atoms. The molecule has 0 saturated carbocycles. The van der Waals surface area contributed by atoms with Crippen molar-refractivity contribution in [3.05, 3.63) is 18.0 Å². The number of aromatic nitrogens is 2. The summed E-state index contributed by atoms with van der Waals surface area (Å²) >= 11 is 0. The highest BCUT2D eigenvalue weighted by Gasteiger charge is 2.14. The number of hydrogen-bond donors (Lipinski definition) is 1. The predicted octanol–water partition coefficient (Wildman–Crippen LogP) is 0.823. The first-order valence-electron chi connectivity index (χ1n) is 4.48. The molecule has 1 rings (SSSR count). The van der Waals surface area contributed by atoms with Crippen LogP contribution in [0.25, 0.3) is 0 Å². The van der Waals surface area contributed by atoms with Crippen molar-refractivity contribution in [1.29, 1.82) is 0 Å². The average Bonchev–Trinajstić information content (AvgIpc) is 2.52. The van der Waals surface area contributed by atoms with Gasteiger partial charge in [0.25, 0.3) is 0 Å². The Balaban J connectivity index is 2.87. The minimum Gasteiger partial charge on any atom is -0.321 e. The highest BCUT2D eigenvalue weighted by molar-refractivity contribution is 5.98. The van der Waals surface area contributed by atoms with Crippen molar-refractivity contribution in [2.75, 3.05) is 0 Å². The van der Waals surface area contributed by atoms with Crippen LogP contribution in [0, 0.1) is 0 Å². The van der Waals surface area contributed by atoms with Crippen molar-refractivity contribution < 1.29 is 4.79 Å². The minimum atomic E-state index is -0.452.